The number of anilines is 1. The molecule has 2 heterocycles. The summed E-state index contributed by atoms with van der Waals surface area (Å²) in [5, 5.41) is 3.30. The van der Waals surface area contributed by atoms with Crippen molar-refractivity contribution in [2.45, 2.75) is 58.5 Å². The standard InChI is InChI=1S/C24H26N2O6S/c1-3-17(32-23(28)14-10-11-18-16(12-14)25-13-31-18)21(27)26-22-20(24(29)30-4-2)15-8-6-5-7-9-19(15)33-22/h10-13,17H,3-9H2,1-2H3,(H,26,27). The lowest BCUT2D eigenvalue weighted by Gasteiger charge is -2.16. The second-order valence-corrected chi connectivity index (χ2v) is 8.92. The quantitative estimate of drug-likeness (QED) is 0.386. The van der Waals surface area contributed by atoms with Crippen molar-refractivity contribution in [3.63, 3.8) is 0 Å². The monoisotopic (exact) mass is 470 g/mol. The molecule has 4 rings (SSSR count). The van der Waals surface area contributed by atoms with Crippen LogP contribution in [0.2, 0.25) is 0 Å². The maximum Gasteiger partial charge on any atom is 0.341 e. The van der Waals surface area contributed by atoms with E-state index in [0.29, 0.717) is 21.7 Å². The lowest BCUT2D eigenvalue weighted by atomic mass is 10.1. The van der Waals surface area contributed by atoms with Crippen LogP contribution in [-0.2, 0) is 27.1 Å². The molecule has 1 atom stereocenters. The number of nitrogens with one attached hydrogen (secondary N) is 1. The summed E-state index contributed by atoms with van der Waals surface area (Å²) in [5.74, 6) is -1.54. The molecular formula is C24H26N2O6S. The van der Waals surface area contributed by atoms with Gasteiger partial charge in [0.15, 0.2) is 18.1 Å². The van der Waals surface area contributed by atoms with Gasteiger partial charge in [-0.05, 0) is 62.8 Å². The number of benzene rings is 1. The molecule has 0 saturated carbocycles. The Balaban J connectivity index is 1.53. The van der Waals surface area contributed by atoms with E-state index in [1.807, 2.05) is 0 Å². The van der Waals surface area contributed by atoms with Gasteiger partial charge in [0.1, 0.15) is 10.5 Å². The van der Waals surface area contributed by atoms with Crippen LogP contribution in [-0.4, -0.2) is 35.5 Å². The first kappa shape index (κ1) is 23.0. The van der Waals surface area contributed by atoms with Gasteiger partial charge in [-0.2, -0.15) is 0 Å². The first-order chi connectivity index (χ1) is 16.0. The minimum atomic E-state index is -1.01. The molecule has 9 heteroatoms. The van der Waals surface area contributed by atoms with Crippen LogP contribution in [0.1, 0.15) is 70.7 Å². The minimum absolute atomic E-state index is 0.252. The molecule has 1 aromatic carbocycles. The highest BCUT2D eigenvalue weighted by molar-refractivity contribution is 7.17. The van der Waals surface area contributed by atoms with Gasteiger partial charge in [-0.3, -0.25) is 4.79 Å². The fourth-order valence-electron chi connectivity index (χ4n) is 3.95. The van der Waals surface area contributed by atoms with E-state index >= 15 is 0 Å². The van der Waals surface area contributed by atoms with E-state index in [1.54, 1.807) is 32.0 Å². The molecule has 1 aliphatic rings. The average molecular weight is 471 g/mol. The molecular weight excluding hydrogens is 444 g/mol. The van der Waals surface area contributed by atoms with Crippen molar-refractivity contribution in [3.05, 3.63) is 46.2 Å². The van der Waals surface area contributed by atoms with Crippen LogP contribution < -0.4 is 5.32 Å². The van der Waals surface area contributed by atoms with Crippen LogP contribution in [0.15, 0.2) is 29.0 Å². The highest BCUT2D eigenvalue weighted by Gasteiger charge is 2.29. The predicted octanol–water partition coefficient (Wildman–Crippen LogP) is 4.91. The zero-order valence-corrected chi connectivity index (χ0v) is 19.5. The molecule has 33 heavy (non-hydrogen) atoms. The highest BCUT2D eigenvalue weighted by Crippen LogP contribution is 2.38. The maximum atomic E-state index is 13.0. The van der Waals surface area contributed by atoms with E-state index in [9.17, 15) is 14.4 Å². The first-order valence-corrected chi connectivity index (χ1v) is 12.0. The first-order valence-electron chi connectivity index (χ1n) is 11.2. The van der Waals surface area contributed by atoms with Crippen molar-refractivity contribution in [1.82, 2.24) is 4.98 Å². The van der Waals surface area contributed by atoms with Crippen LogP contribution >= 0.6 is 11.3 Å². The number of ether oxygens (including phenoxy) is 2. The Morgan fingerprint density at radius 3 is 2.76 bits per heavy atom. The molecule has 3 aromatic rings. The average Bonchev–Trinajstić information content (AvgIpc) is 3.34. The lowest BCUT2D eigenvalue weighted by Crippen LogP contribution is -2.32. The van der Waals surface area contributed by atoms with Gasteiger partial charge in [-0.1, -0.05) is 13.3 Å². The SMILES string of the molecule is CCOC(=O)c1c(NC(=O)C(CC)OC(=O)c2ccc3ocnc3c2)sc2c1CCCCC2. The van der Waals surface area contributed by atoms with Crippen molar-refractivity contribution in [1.29, 1.82) is 0 Å². The van der Waals surface area contributed by atoms with Crippen molar-refractivity contribution >= 4 is 45.3 Å². The topological polar surface area (TPSA) is 108 Å². The number of fused-ring (bicyclic) bond motifs is 2. The van der Waals surface area contributed by atoms with Crippen molar-refractivity contribution in [2.75, 3.05) is 11.9 Å². The van der Waals surface area contributed by atoms with Gasteiger partial charge in [0, 0.05) is 4.88 Å². The highest BCUT2D eigenvalue weighted by atomic mass is 32.1. The fourth-order valence-corrected chi connectivity index (χ4v) is 5.23. The van der Waals surface area contributed by atoms with Crippen molar-refractivity contribution < 1.29 is 28.3 Å². The summed E-state index contributed by atoms with van der Waals surface area (Å²) >= 11 is 1.41. The van der Waals surface area contributed by atoms with Crippen molar-refractivity contribution in [2.24, 2.45) is 0 Å². The Morgan fingerprint density at radius 1 is 1.15 bits per heavy atom. The molecule has 0 bridgehead atoms. The van der Waals surface area contributed by atoms with Gasteiger partial charge in [0.25, 0.3) is 5.91 Å². The third kappa shape index (κ3) is 4.93. The van der Waals surface area contributed by atoms with Gasteiger partial charge < -0.3 is 19.2 Å². The zero-order chi connectivity index (χ0) is 23.4. The Hall–Kier alpha value is -3.20. The smallest absolute Gasteiger partial charge is 0.341 e. The van der Waals surface area contributed by atoms with Crippen molar-refractivity contribution in [3.8, 4) is 0 Å². The normalized spacial score (nSPS) is 14.2. The van der Waals surface area contributed by atoms with Crippen LogP contribution in [0.5, 0.6) is 0 Å². The van der Waals surface area contributed by atoms with Crippen LogP contribution in [0, 0.1) is 0 Å². The molecule has 1 unspecified atom stereocenters. The summed E-state index contributed by atoms with van der Waals surface area (Å²) < 4.78 is 16.0. The maximum absolute atomic E-state index is 13.0. The Bertz CT molecular complexity index is 1180. The molecule has 8 nitrogen and oxygen atoms in total. The van der Waals surface area contributed by atoms with E-state index < -0.39 is 23.9 Å². The van der Waals surface area contributed by atoms with Crippen LogP contribution in [0.4, 0.5) is 5.00 Å². The number of hydrogen-bond acceptors (Lipinski definition) is 8. The number of aryl methyl sites for hydroxylation is 1. The number of esters is 2. The minimum Gasteiger partial charge on any atom is -0.462 e. The number of aromatic nitrogens is 1. The number of carbonyl (C=O) groups excluding carboxylic acids is 3. The molecule has 1 aliphatic carbocycles. The fraction of sp³-hybridized carbons (Fsp3) is 0.417. The van der Waals surface area contributed by atoms with E-state index in [2.05, 4.69) is 10.3 Å². The molecule has 0 radical (unpaired) electrons. The number of carbonyl (C=O) groups is 3. The van der Waals surface area contributed by atoms with Crippen LogP contribution in [0.3, 0.4) is 0 Å². The van der Waals surface area contributed by atoms with E-state index in [4.69, 9.17) is 13.9 Å². The van der Waals surface area contributed by atoms with Gasteiger partial charge in [-0.15, -0.1) is 11.3 Å². The molecule has 0 spiro atoms. The molecule has 1 amide bonds. The second kappa shape index (κ2) is 10.2. The number of thiophene rings is 1. The Kier molecular flexibility index (Phi) is 7.08. The largest absolute Gasteiger partial charge is 0.462 e. The Morgan fingerprint density at radius 2 is 1.97 bits per heavy atom. The molecule has 1 N–H and O–H groups in total. The molecule has 0 saturated heterocycles. The number of nitrogens with zero attached hydrogens (tertiary/aromatic N) is 1. The van der Waals surface area contributed by atoms with Crippen LogP contribution in [0.25, 0.3) is 11.1 Å². The molecule has 174 valence electrons. The van der Waals surface area contributed by atoms with E-state index in [0.717, 1.165) is 42.5 Å². The summed E-state index contributed by atoms with van der Waals surface area (Å²) in [7, 11) is 0. The van der Waals surface area contributed by atoms with E-state index in [1.165, 1.54) is 17.7 Å². The molecule has 0 aliphatic heterocycles. The molecule has 0 fully saturated rings. The van der Waals surface area contributed by atoms with E-state index in [-0.39, 0.29) is 18.6 Å². The summed E-state index contributed by atoms with van der Waals surface area (Å²) in [6.45, 7) is 3.76. The number of amides is 1. The predicted molar refractivity (Wildman–Crippen MR) is 124 cm³/mol. The lowest BCUT2D eigenvalue weighted by molar-refractivity contribution is -0.124. The molecule has 2 aromatic heterocycles. The summed E-state index contributed by atoms with van der Waals surface area (Å²) in [6, 6.07) is 4.75. The number of oxazole rings is 1. The summed E-state index contributed by atoms with van der Waals surface area (Å²) in [4.78, 5) is 43.6. The third-order valence-corrected chi connectivity index (χ3v) is 6.82. The van der Waals surface area contributed by atoms with Gasteiger partial charge in [0.2, 0.25) is 0 Å². The summed E-state index contributed by atoms with van der Waals surface area (Å²) in [6.07, 6.45) is 5.38. The van der Waals surface area contributed by atoms with Gasteiger partial charge >= 0.3 is 11.9 Å². The number of hydrogen-bond donors (Lipinski definition) is 1. The second-order valence-electron chi connectivity index (χ2n) is 7.82. The van der Waals surface area contributed by atoms with Gasteiger partial charge in [0.05, 0.1) is 17.7 Å². The Labute approximate surface area is 195 Å². The van der Waals surface area contributed by atoms with Gasteiger partial charge in [-0.25, -0.2) is 14.6 Å². The summed E-state index contributed by atoms with van der Waals surface area (Å²) in [5.41, 5.74) is 2.76. The third-order valence-electron chi connectivity index (χ3n) is 5.62. The number of rotatable bonds is 7. The zero-order valence-electron chi connectivity index (χ0n) is 18.6.